The maximum atomic E-state index is 4.46. The number of aromatic nitrogens is 1. The molecule has 2 heteroatoms. The van der Waals surface area contributed by atoms with Crippen molar-refractivity contribution >= 4 is 0 Å². The van der Waals surface area contributed by atoms with Crippen LogP contribution in [0.15, 0.2) is 17.0 Å². The standard InChI is InChI=1S/C4H5NO.C2H6/c1-4-2-5-6-3-4;1-2/h2-3H,1H3;1-2H3. The molecule has 0 radical (unpaired) electrons. The van der Waals surface area contributed by atoms with Gasteiger partial charge in [0.25, 0.3) is 0 Å². The van der Waals surface area contributed by atoms with E-state index in [9.17, 15) is 0 Å². The van der Waals surface area contributed by atoms with Gasteiger partial charge >= 0.3 is 0 Å². The molecule has 2 nitrogen and oxygen atoms in total. The van der Waals surface area contributed by atoms with Crippen LogP contribution >= 0.6 is 0 Å². The Hall–Kier alpha value is -0.790. The van der Waals surface area contributed by atoms with E-state index in [1.807, 2.05) is 20.8 Å². The van der Waals surface area contributed by atoms with Crippen LogP contribution in [-0.4, -0.2) is 5.16 Å². The van der Waals surface area contributed by atoms with Gasteiger partial charge in [0.2, 0.25) is 0 Å². The highest BCUT2D eigenvalue weighted by Crippen LogP contribution is 1.88. The number of aryl methyl sites for hydroxylation is 1. The molecule has 0 saturated carbocycles. The zero-order chi connectivity index (χ0) is 6.41. The molecule has 0 saturated heterocycles. The van der Waals surface area contributed by atoms with Crippen LogP contribution in [0.25, 0.3) is 0 Å². The van der Waals surface area contributed by atoms with E-state index < -0.39 is 0 Å². The van der Waals surface area contributed by atoms with Crippen molar-refractivity contribution in [3.05, 3.63) is 18.0 Å². The van der Waals surface area contributed by atoms with E-state index in [0.29, 0.717) is 0 Å². The van der Waals surface area contributed by atoms with Crippen LogP contribution in [0.1, 0.15) is 19.4 Å². The lowest BCUT2D eigenvalue weighted by molar-refractivity contribution is 0.419. The van der Waals surface area contributed by atoms with E-state index in [0.717, 1.165) is 5.56 Å². The quantitative estimate of drug-likeness (QED) is 0.514. The summed E-state index contributed by atoms with van der Waals surface area (Å²) < 4.78 is 4.46. The molecule has 1 aromatic rings. The van der Waals surface area contributed by atoms with Gasteiger partial charge in [0.05, 0.1) is 6.20 Å². The average Bonchev–Trinajstić information content (AvgIpc) is 2.24. The molecule has 0 unspecified atom stereocenters. The summed E-state index contributed by atoms with van der Waals surface area (Å²) in [5.74, 6) is 0. The molecule has 1 aromatic heterocycles. The van der Waals surface area contributed by atoms with E-state index in [-0.39, 0.29) is 0 Å². The fourth-order valence-corrected chi connectivity index (χ4v) is 0.258. The van der Waals surface area contributed by atoms with Gasteiger partial charge < -0.3 is 4.52 Å². The molecule has 1 rings (SSSR count). The monoisotopic (exact) mass is 113 g/mol. The highest BCUT2D eigenvalue weighted by molar-refractivity contribution is 4.94. The molecule has 0 aliphatic carbocycles. The second-order valence-electron chi connectivity index (χ2n) is 1.20. The Labute approximate surface area is 49.5 Å². The van der Waals surface area contributed by atoms with Crippen LogP contribution in [0.4, 0.5) is 0 Å². The van der Waals surface area contributed by atoms with Crippen molar-refractivity contribution in [2.75, 3.05) is 0 Å². The maximum Gasteiger partial charge on any atom is 0.126 e. The summed E-state index contributed by atoms with van der Waals surface area (Å²) in [6.45, 7) is 5.93. The largest absolute Gasteiger partial charge is 0.365 e. The summed E-state index contributed by atoms with van der Waals surface area (Å²) in [5.41, 5.74) is 1.06. The second-order valence-corrected chi connectivity index (χ2v) is 1.20. The third-order valence-corrected chi connectivity index (χ3v) is 0.556. The van der Waals surface area contributed by atoms with Gasteiger partial charge in [0, 0.05) is 5.56 Å². The first kappa shape index (κ1) is 7.21. The minimum absolute atomic E-state index is 1.06. The fourth-order valence-electron chi connectivity index (χ4n) is 0.258. The van der Waals surface area contributed by atoms with Gasteiger partial charge in [-0.1, -0.05) is 19.0 Å². The molecule has 0 spiro atoms. The first-order valence-electron chi connectivity index (χ1n) is 2.75. The minimum Gasteiger partial charge on any atom is -0.365 e. The lowest BCUT2D eigenvalue weighted by Crippen LogP contribution is -1.50. The fraction of sp³-hybridized carbons (Fsp3) is 0.500. The van der Waals surface area contributed by atoms with Crippen LogP contribution in [-0.2, 0) is 0 Å². The van der Waals surface area contributed by atoms with Crippen LogP contribution < -0.4 is 0 Å². The predicted molar refractivity (Wildman–Crippen MR) is 32.6 cm³/mol. The third-order valence-electron chi connectivity index (χ3n) is 0.556. The first-order chi connectivity index (χ1) is 3.89. The molecule has 1 heterocycles. The Morgan fingerprint density at radius 1 is 1.50 bits per heavy atom. The molecule has 0 atom stereocenters. The van der Waals surface area contributed by atoms with Gasteiger partial charge in [-0.15, -0.1) is 0 Å². The summed E-state index contributed by atoms with van der Waals surface area (Å²) in [5, 5.41) is 3.45. The molecule has 0 fully saturated rings. The van der Waals surface area contributed by atoms with Gasteiger partial charge in [0.15, 0.2) is 0 Å². The van der Waals surface area contributed by atoms with E-state index in [4.69, 9.17) is 0 Å². The molecule has 46 valence electrons. The van der Waals surface area contributed by atoms with Crippen LogP contribution in [0.3, 0.4) is 0 Å². The summed E-state index contributed by atoms with van der Waals surface area (Å²) in [4.78, 5) is 0. The molecule has 0 bridgehead atoms. The van der Waals surface area contributed by atoms with Crippen LogP contribution in [0.2, 0.25) is 0 Å². The minimum atomic E-state index is 1.06. The normalized spacial score (nSPS) is 7.38. The summed E-state index contributed by atoms with van der Waals surface area (Å²) in [7, 11) is 0. The van der Waals surface area contributed by atoms with E-state index in [1.54, 1.807) is 12.5 Å². The van der Waals surface area contributed by atoms with Gasteiger partial charge in [-0.05, 0) is 6.92 Å². The Kier molecular flexibility index (Phi) is 3.94. The zero-order valence-electron chi connectivity index (χ0n) is 5.51. The zero-order valence-corrected chi connectivity index (χ0v) is 5.51. The molecule has 8 heavy (non-hydrogen) atoms. The lowest BCUT2D eigenvalue weighted by Gasteiger charge is -1.60. The second kappa shape index (κ2) is 4.37. The van der Waals surface area contributed by atoms with Crippen molar-refractivity contribution in [2.24, 2.45) is 0 Å². The molecule has 0 aliphatic heterocycles. The third kappa shape index (κ3) is 2.39. The van der Waals surface area contributed by atoms with Crippen molar-refractivity contribution in [1.29, 1.82) is 0 Å². The van der Waals surface area contributed by atoms with E-state index >= 15 is 0 Å². The molecule has 0 aliphatic rings. The van der Waals surface area contributed by atoms with Crippen molar-refractivity contribution in [3.63, 3.8) is 0 Å². The number of hydrogen-bond acceptors (Lipinski definition) is 2. The summed E-state index contributed by atoms with van der Waals surface area (Å²) >= 11 is 0. The van der Waals surface area contributed by atoms with E-state index in [1.165, 1.54) is 0 Å². The smallest absolute Gasteiger partial charge is 0.126 e. The molecule has 0 amide bonds. The molecule has 0 aromatic carbocycles. The van der Waals surface area contributed by atoms with Crippen molar-refractivity contribution < 1.29 is 4.52 Å². The number of rotatable bonds is 0. The SMILES string of the molecule is CC.Cc1cnoc1. The van der Waals surface area contributed by atoms with Crippen molar-refractivity contribution in [3.8, 4) is 0 Å². The first-order valence-corrected chi connectivity index (χ1v) is 2.75. The van der Waals surface area contributed by atoms with Crippen molar-refractivity contribution in [1.82, 2.24) is 5.16 Å². The highest BCUT2D eigenvalue weighted by Gasteiger charge is 1.77. The van der Waals surface area contributed by atoms with Gasteiger partial charge in [-0.25, -0.2) is 0 Å². The Morgan fingerprint density at radius 3 is 2.25 bits per heavy atom. The number of nitrogens with zero attached hydrogens (tertiary/aromatic N) is 1. The maximum absolute atomic E-state index is 4.46. The topological polar surface area (TPSA) is 26.0 Å². The summed E-state index contributed by atoms with van der Waals surface area (Å²) in [6, 6.07) is 0. The average molecular weight is 113 g/mol. The molecular weight excluding hydrogens is 102 g/mol. The van der Waals surface area contributed by atoms with Gasteiger partial charge in [-0.3, -0.25) is 0 Å². The van der Waals surface area contributed by atoms with Gasteiger partial charge in [-0.2, -0.15) is 0 Å². The van der Waals surface area contributed by atoms with Crippen LogP contribution in [0, 0.1) is 6.92 Å². The Balaban J connectivity index is 0.000000222. The van der Waals surface area contributed by atoms with E-state index in [2.05, 4.69) is 9.68 Å². The predicted octanol–water partition coefficient (Wildman–Crippen LogP) is 2.01. The summed E-state index contributed by atoms with van der Waals surface area (Å²) in [6.07, 6.45) is 3.26. The van der Waals surface area contributed by atoms with Crippen LogP contribution in [0.5, 0.6) is 0 Å². The highest BCUT2D eigenvalue weighted by atomic mass is 16.5. The number of hydrogen-bond donors (Lipinski definition) is 0. The lowest BCUT2D eigenvalue weighted by atomic mass is 10.4. The molecule has 0 N–H and O–H groups in total. The Morgan fingerprint density at radius 2 is 2.12 bits per heavy atom. The molecular formula is C6H11NO. The van der Waals surface area contributed by atoms with Gasteiger partial charge in [0.1, 0.15) is 6.26 Å². The van der Waals surface area contributed by atoms with Crippen molar-refractivity contribution in [2.45, 2.75) is 20.8 Å². The Bertz CT molecular complexity index is 112.